The third-order valence-electron chi connectivity index (χ3n) is 3.07. The van der Waals surface area contributed by atoms with E-state index >= 15 is 0 Å². The minimum absolute atomic E-state index is 1.13. The summed E-state index contributed by atoms with van der Waals surface area (Å²) in [6.07, 6.45) is 2.66. The second-order valence-electron chi connectivity index (χ2n) is 4.43. The summed E-state index contributed by atoms with van der Waals surface area (Å²) in [4.78, 5) is 0. The molecule has 0 radical (unpaired) electrons. The van der Waals surface area contributed by atoms with Gasteiger partial charge in [-0.15, -0.1) is 0 Å². The van der Waals surface area contributed by atoms with Crippen molar-refractivity contribution in [1.82, 2.24) is 0 Å². The molecule has 0 fully saturated rings. The van der Waals surface area contributed by atoms with Gasteiger partial charge in [0.15, 0.2) is 0 Å². The monoisotopic (exact) mass is 206 g/mol. The Balaban J connectivity index is 2.87. The van der Waals surface area contributed by atoms with E-state index in [1.54, 1.807) is 5.19 Å². The van der Waals surface area contributed by atoms with Gasteiger partial charge >= 0.3 is 0 Å². The van der Waals surface area contributed by atoms with E-state index in [9.17, 15) is 0 Å². The molecule has 1 aromatic rings. The lowest BCUT2D eigenvalue weighted by molar-refractivity contribution is 0.990. The highest BCUT2D eigenvalue weighted by atomic mass is 28.3. The summed E-state index contributed by atoms with van der Waals surface area (Å²) in [7, 11) is -1.13. The highest BCUT2D eigenvalue weighted by Gasteiger charge is 2.26. The van der Waals surface area contributed by atoms with Gasteiger partial charge in [0.2, 0.25) is 0 Å². The number of benzene rings is 1. The molecule has 1 aromatic carbocycles. The normalized spacial score (nSPS) is 11.6. The van der Waals surface area contributed by atoms with Gasteiger partial charge in [0, 0.05) is 0 Å². The van der Waals surface area contributed by atoms with Gasteiger partial charge in [-0.05, 0) is 0 Å². The van der Waals surface area contributed by atoms with Crippen molar-refractivity contribution >= 4 is 13.3 Å². The van der Waals surface area contributed by atoms with Crippen molar-refractivity contribution in [2.24, 2.45) is 0 Å². The maximum Gasteiger partial charge on any atom is 0.0836 e. The molecule has 14 heavy (non-hydrogen) atoms. The van der Waals surface area contributed by atoms with Gasteiger partial charge in [0.1, 0.15) is 0 Å². The molecule has 0 aliphatic carbocycles. The second-order valence-corrected chi connectivity index (χ2v) is 9.13. The fourth-order valence-corrected chi connectivity index (χ4v) is 6.39. The van der Waals surface area contributed by atoms with Gasteiger partial charge in [-0.1, -0.05) is 80.8 Å². The molecule has 0 aliphatic rings. The topological polar surface area (TPSA) is 0 Å². The molecule has 0 bridgehead atoms. The fourth-order valence-electron chi connectivity index (χ4n) is 2.36. The van der Waals surface area contributed by atoms with Gasteiger partial charge in [-0.2, -0.15) is 0 Å². The first-order valence-corrected chi connectivity index (χ1v) is 8.70. The number of rotatable bonds is 5. The molecule has 0 N–H and O–H groups in total. The van der Waals surface area contributed by atoms with Crippen molar-refractivity contribution in [2.75, 3.05) is 0 Å². The molecule has 0 unspecified atom stereocenters. The minimum Gasteiger partial charge on any atom is -0.0656 e. The lowest BCUT2D eigenvalue weighted by Gasteiger charge is -2.27. The Labute approximate surface area is 89.4 Å². The summed E-state index contributed by atoms with van der Waals surface area (Å²) >= 11 is 0. The van der Waals surface area contributed by atoms with Gasteiger partial charge in [-0.3, -0.25) is 0 Å². The summed E-state index contributed by atoms with van der Waals surface area (Å²) in [5.74, 6) is 0. The largest absolute Gasteiger partial charge is 0.0836 e. The first-order chi connectivity index (χ1) is 6.73. The summed E-state index contributed by atoms with van der Waals surface area (Å²) in [5, 5.41) is 1.64. The van der Waals surface area contributed by atoms with E-state index in [-0.39, 0.29) is 0 Å². The fraction of sp³-hybridized carbons (Fsp3) is 0.538. The molecule has 0 spiro atoms. The number of hydrogen-bond acceptors (Lipinski definition) is 0. The van der Waals surface area contributed by atoms with Crippen molar-refractivity contribution in [3.63, 3.8) is 0 Å². The molecular weight excluding hydrogens is 184 g/mol. The van der Waals surface area contributed by atoms with Crippen LogP contribution in [0, 0.1) is 0 Å². The molecule has 0 aromatic heterocycles. The third-order valence-corrected chi connectivity index (χ3v) is 8.01. The quantitative estimate of drug-likeness (QED) is 0.643. The van der Waals surface area contributed by atoms with Crippen molar-refractivity contribution < 1.29 is 0 Å². The van der Waals surface area contributed by atoms with Gasteiger partial charge < -0.3 is 0 Å². The summed E-state index contributed by atoms with van der Waals surface area (Å²) in [5.41, 5.74) is 0. The van der Waals surface area contributed by atoms with Crippen molar-refractivity contribution in [3.05, 3.63) is 30.3 Å². The van der Waals surface area contributed by atoms with Crippen LogP contribution in [0.25, 0.3) is 0 Å². The number of hydrogen-bond donors (Lipinski definition) is 0. The van der Waals surface area contributed by atoms with Crippen LogP contribution in [0.5, 0.6) is 0 Å². The molecule has 0 heterocycles. The maximum absolute atomic E-state index is 2.54. The smallest absolute Gasteiger partial charge is 0.0656 e. The first kappa shape index (κ1) is 11.5. The first-order valence-electron chi connectivity index (χ1n) is 5.78. The van der Waals surface area contributed by atoms with Crippen LogP contribution < -0.4 is 5.19 Å². The van der Waals surface area contributed by atoms with E-state index in [0.29, 0.717) is 0 Å². The molecule has 0 aliphatic heterocycles. The van der Waals surface area contributed by atoms with Crippen LogP contribution in [0.15, 0.2) is 30.3 Å². The molecule has 0 amide bonds. The summed E-state index contributed by atoms with van der Waals surface area (Å²) in [6.45, 7) is 7.16. The van der Waals surface area contributed by atoms with Crippen LogP contribution in [-0.4, -0.2) is 8.07 Å². The van der Waals surface area contributed by atoms with Crippen LogP contribution in [0.1, 0.15) is 26.7 Å². The average Bonchev–Trinajstić information content (AvgIpc) is 2.20. The van der Waals surface area contributed by atoms with E-state index in [1.807, 2.05) is 0 Å². The molecular formula is C13H22Si. The highest BCUT2D eigenvalue weighted by molar-refractivity contribution is 6.90. The van der Waals surface area contributed by atoms with E-state index in [0.717, 1.165) is 0 Å². The Kier molecular flexibility index (Phi) is 4.40. The SMILES string of the molecule is CCC[Si](C)(CCC)c1ccccc1. The zero-order valence-corrected chi connectivity index (χ0v) is 10.7. The Morgan fingerprint density at radius 3 is 1.86 bits per heavy atom. The Morgan fingerprint density at radius 1 is 0.929 bits per heavy atom. The van der Waals surface area contributed by atoms with Gasteiger partial charge in [0.25, 0.3) is 0 Å². The predicted octanol–water partition coefficient (Wildman–Crippen LogP) is 3.79. The van der Waals surface area contributed by atoms with E-state index < -0.39 is 8.07 Å². The van der Waals surface area contributed by atoms with Crippen LogP contribution >= 0.6 is 0 Å². The molecule has 78 valence electrons. The van der Waals surface area contributed by atoms with Crippen molar-refractivity contribution in [1.29, 1.82) is 0 Å². The van der Waals surface area contributed by atoms with Crippen LogP contribution in [0.3, 0.4) is 0 Å². The molecule has 0 saturated carbocycles. The van der Waals surface area contributed by atoms with E-state index in [1.165, 1.54) is 24.9 Å². The molecule has 1 rings (SSSR count). The van der Waals surface area contributed by atoms with Crippen LogP contribution in [-0.2, 0) is 0 Å². The minimum atomic E-state index is -1.13. The van der Waals surface area contributed by atoms with E-state index in [4.69, 9.17) is 0 Å². The standard InChI is InChI=1S/C13H22Si/c1-4-11-14(3,12-5-2)13-9-7-6-8-10-13/h6-10H,4-5,11-12H2,1-3H3. The predicted molar refractivity (Wildman–Crippen MR) is 67.9 cm³/mol. The van der Waals surface area contributed by atoms with Crippen molar-refractivity contribution in [3.8, 4) is 0 Å². The maximum atomic E-state index is 2.54. The van der Waals surface area contributed by atoms with E-state index in [2.05, 4.69) is 50.7 Å². The second kappa shape index (κ2) is 5.35. The Bertz CT molecular complexity index is 247. The Morgan fingerprint density at radius 2 is 1.43 bits per heavy atom. The molecule has 0 saturated heterocycles. The Hall–Kier alpha value is -0.563. The zero-order valence-electron chi connectivity index (χ0n) is 9.72. The zero-order chi connectivity index (χ0) is 10.4. The van der Waals surface area contributed by atoms with Crippen LogP contribution in [0.4, 0.5) is 0 Å². The van der Waals surface area contributed by atoms with Crippen LogP contribution in [0.2, 0.25) is 18.6 Å². The highest BCUT2D eigenvalue weighted by Crippen LogP contribution is 2.19. The lowest BCUT2D eigenvalue weighted by atomic mass is 10.4. The summed E-state index contributed by atoms with van der Waals surface area (Å²) < 4.78 is 0. The molecule has 0 atom stereocenters. The van der Waals surface area contributed by atoms with Gasteiger partial charge in [0.05, 0.1) is 8.07 Å². The molecule has 0 nitrogen and oxygen atoms in total. The molecule has 1 heteroatoms. The van der Waals surface area contributed by atoms with Gasteiger partial charge in [-0.25, -0.2) is 0 Å². The average molecular weight is 206 g/mol. The lowest BCUT2D eigenvalue weighted by Crippen LogP contribution is -2.43. The van der Waals surface area contributed by atoms with Crippen molar-refractivity contribution in [2.45, 2.75) is 45.3 Å². The third kappa shape index (κ3) is 2.71. The summed E-state index contributed by atoms with van der Waals surface area (Å²) in [6, 6.07) is 14.0.